The largest absolute Gasteiger partial charge is 0.302 e. The summed E-state index contributed by atoms with van der Waals surface area (Å²) in [5, 5.41) is 5.34. The van der Waals surface area contributed by atoms with Gasteiger partial charge in [0.1, 0.15) is 0 Å². The Labute approximate surface area is 181 Å². The molecule has 2 atom stereocenters. The molecule has 1 fully saturated rings. The van der Waals surface area contributed by atoms with E-state index in [1.54, 1.807) is 24.3 Å². The molecule has 1 aliphatic rings. The van der Waals surface area contributed by atoms with Crippen LogP contribution in [0.25, 0.3) is 11.3 Å². The van der Waals surface area contributed by atoms with Crippen LogP contribution in [-0.2, 0) is 14.8 Å². The molecule has 0 bridgehead atoms. The third-order valence-corrected chi connectivity index (χ3v) is 6.54. The summed E-state index contributed by atoms with van der Waals surface area (Å²) in [6.07, 6.45) is 1.96. The lowest BCUT2D eigenvalue weighted by molar-refractivity contribution is -0.117. The lowest BCUT2D eigenvalue weighted by Gasteiger charge is -2.04. The maximum atomic E-state index is 12.5. The van der Waals surface area contributed by atoms with E-state index in [-0.39, 0.29) is 17.7 Å². The van der Waals surface area contributed by atoms with E-state index >= 15 is 0 Å². The highest BCUT2D eigenvalue weighted by atomic mass is 79.9. The Balaban J connectivity index is 1.38. The highest BCUT2D eigenvalue weighted by molar-refractivity contribution is 9.10. The van der Waals surface area contributed by atoms with Crippen molar-refractivity contribution in [2.24, 2.45) is 5.92 Å². The summed E-state index contributed by atoms with van der Waals surface area (Å²) < 4.78 is 26.0. The predicted molar refractivity (Wildman–Crippen MR) is 120 cm³/mol. The zero-order valence-electron chi connectivity index (χ0n) is 15.4. The second-order valence-electron chi connectivity index (χ2n) is 6.98. The van der Waals surface area contributed by atoms with Crippen molar-refractivity contribution in [2.75, 3.05) is 16.3 Å². The molecule has 1 amide bonds. The van der Waals surface area contributed by atoms with Crippen LogP contribution in [0.15, 0.2) is 58.4 Å². The van der Waals surface area contributed by atoms with Crippen LogP contribution < -0.4 is 10.0 Å². The van der Waals surface area contributed by atoms with E-state index in [1.807, 2.05) is 29.6 Å². The Hall–Kier alpha value is -2.23. The molecule has 29 heavy (non-hydrogen) atoms. The quantitative estimate of drug-likeness (QED) is 0.523. The maximum absolute atomic E-state index is 12.5. The maximum Gasteiger partial charge on any atom is 0.229 e. The van der Waals surface area contributed by atoms with Gasteiger partial charge in [0.05, 0.1) is 11.9 Å². The molecule has 0 radical (unpaired) electrons. The zero-order chi connectivity index (χ0) is 20.6. The van der Waals surface area contributed by atoms with Gasteiger partial charge >= 0.3 is 0 Å². The Bertz CT molecular complexity index is 1140. The molecule has 150 valence electrons. The van der Waals surface area contributed by atoms with Crippen molar-refractivity contribution >= 4 is 54.0 Å². The topological polar surface area (TPSA) is 88.2 Å². The standard InChI is InChI=1S/C20H18BrN3O3S2/c1-29(26,27)24-15-8-4-13(5-9-15)18-11-28-20(22-18)23-19(25)17-10-16(17)12-2-6-14(21)7-3-12/h2-9,11,16-17,24H,10H2,1H3,(H,22,23,25). The van der Waals surface area contributed by atoms with E-state index in [0.29, 0.717) is 10.8 Å². The summed E-state index contributed by atoms with van der Waals surface area (Å²) in [6.45, 7) is 0. The summed E-state index contributed by atoms with van der Waals surface area (Å²) in [4.78, 5) is 17.0. The number of amides is 1. The molecular formula is C20H18BrN3O3S2. The van der Waals surface area contributed by atoms with Gasteiger partial charge in [0.15, 0.2) is 5.13 Å². The summed E-state index contributed by atoms with van der Waals surface area (Å²) in [7, 11) is -3.31. The number of carbonyl (C=O) groups is 1. The Morgan fingerprint density at radius 3 is 2.48 bits per heavy atom. The van der Waals surface area contributed by atoms with Crippen LogP contribution >= 0.6 is 27.3 Å². The lowest BCUT2D eigenvalue weighted by atomic mass is 10.1. The smallest absolute Gasteiger partial charge is 0.229 e. The molecule has 1 saturated carbocycles. The van der Waals surface area contributed by atoms with Crippen molar-refractivity contribution in [1.82, 2.24) is 4.98 Å². The third kappa shape index (κ3) is 5.04. The summed E-state index contributed by atoms with van der Waals surface area (Å²) >= 11 is 4.80. The van der Waals surface area contributed by atoms with Crippen LogP contribution in [0.2, 0.25) is 0 Å². The monoisotopic (exact) mass is 491 g/mol. The fourth-order valence-electron chi connectivity index (χ4n) is 3.15. The van der Waals surface area contributed by atoms with Crippen LogP contribution in [0, 0.1) is 5.92 Å². The average molecular weight is 492 g/mol. The Morgan fingerprint density at radius 1 is 1.14 bits per heavy atom. The van der Waals surface area contributed by atoms with Crippen molar-refractivity contribution in [3.8, 4) is 11.3 Å². The lowest BCUT2D eigenvalue weighted by Crippen LogP contribution is -2.14. The number of sulfonamides is 1. The van der Waals surface area contributed by atoms with Gasteiger partial charge in [-0.25, -0.2) is 13.4 Å². The molecule has 2 N–H and O–H groups in total. The number of benzene rings is 2. The van der Waals surface area contributed by atoms with E-state index in [0.717, 1.165) is 28.4 Å². The van der Waals surface area contributed by atoms with E-state index < -0.39 is 10.0 Å². The predicted octanol–water partition coefficient (Wildman–Crippen LogP) is 4.69. The van der Waals surface area contributed by atoms with Gasteiger partial charge in [-0.2, -0.15) is 0 Å². The van der Waals surface area contributed by atoms with E-state index in [9.17, 15) is 13.2 Å². The van der Waals surface area contributed by atoms with Gasteiger partial charge in [-0.3, -0.25) is 9.52 Å². The first-order valence-corrected chi connectivity index (χ1v) is 12.4. The molecule has 1 aromatic heterocycles. The minimum atomic E-state index is -3.31. The Kier molecular flexibility index (Phi) is 5.46. The minimum absolute atomic E-state index is 0.00785. The molecule has 6 nitrogen and oxygen atoms in total. The van der Waals surface area contributed by atoms with Crippen molar-refractivity contribution < 1.29 is 13.2 Å². The van der Waals surface area contributed by atoms with Crippen molar-refractivity contribution in [3.05, 3.63) is 63.9 Å². The molecule has 2 aromatic carbocycles. The van der Waals surface area contributed by atoms with E-state index in [4.69, 9.17) is 0 Å². The number of hydrogen-bond acceptors (Lipinski definition) is 5. The van der Waals surface area contributed by atoms with Crippen molar-refractivity contribution in [3.63, 3.8) is 0 Å². The molecule has 2 unspecified atom stereocenters. The molecule has 1 heterocycles. The number of hydrogen-bond donors (Lipinski definition) is 2. The molecule has 4 rings (SSSR count). The van der Waals surface area contributed by atoms with Crippen LogP contribution in [-0.4, -0.2) is 25.6 Å². The van der Waals surface area contributed by atoms with Gasteiger partial charge in [-0.1, -0.05) is 40.2 Å². The third-order valence-electron chi connectivity index (χ3n) is 4.64. The second kappa shape index (κ2) is 7.89. The van der Waals surface area contributed by atoms with Crippen LogP contribution in [0.3, 0.4) is 0 Å². The summed E-state index contributed by atoms with van der Waals surface area (Å²) in [6, 6.07) is 15.0. The summed E-state index contributed by atoms with van der Waals surface area (Å²) in [5.74, 6) is 0.230. The van der Waals surface area contributed by atoms with Crippen molar-refractivity contribution in [1.29, 1.82) is 0 Å². The van der Waals surface area contributed by atoms with Gasteiger partial charge in [-0.15, -0.1) is 11.3 Å². The van der Waals surface area contributed by atoms with Gasteiger partial charge in [-0.05, 0) is 42.2 Å². The first-order chi connectivity index (χ1) is 13.8. The summed E-state index contributed by atoms with van der Waals surface area (Å²) in [5.41, 5.74) is 3.25. The second-order valence-corrected chi connectivity index (χ2v) is 10.5. The SMILES string of the molecule is CS(=O)(=O)Nc1ccc(-c2csc(NC(=O)C3CC3c3ccc(Br)cc3)n2)cc1. The number of rotatable bonds is 6. The van der Waals surface area contributed by atoms with Crippen LogP contribution in [0.5, 0.6) is 0 Å². The molecule has 1 aliphatic carbocycles. The first kappa shape index (κ1) is 20.1. The molecule has 0 aliphatic heterocycles. The molecular weight excluding hydrogens is 474 g/mol. The number of halogens is 1. The number of nitrogens with zero attached hydrogens (tertiary/aromatic N) is 1. The Morgan fingerprint density at radius 2 is 1.83 bits per heavy atom. The van der Waals surface area contributed by atoms with Gasteiger partial charge in [0.25, 0.3) is 0 Å². The fraction of sp³-hybridized carbons (Fsp3) is 0.200. The highest BCUT2D eigenvalue weighted by Gasteiger charge is 2.44. The number of aromatic nitrogens is 1. The molecule has 9 heteroatoms. The molecule has 3 aromatic rings. The minimum Gasteiger partial charge on any atom is -0.302 e. The van der Waals surface area contributed by atoms with Gasteiger partial charge < -0.3 is 5.32 Å². The fourth-order valence-corrected chi connectivity index (χ4v) is 4.70. The average Bonchev–Trinajstić information content (AvgIpc) is 3.34. The molecule has 0 saturated heterocycles. The normalized spacial score (nSPS) is 18.3. The van der Waals surface area contributed by atoms with E-state index in [2.05, 4.69) is 31.0 Å². The first-order valence-electron chi connectivity index (χ1n) is 8.88. The number of thiazole rings is 1. The number of nitrogens with one attached hydrogen (secondary N) is 2. The zero-order valence-corrected chi connectivity index (χ0v) is 18.6. The highest BCUT2D eigenvalue weighted by Crippen LogP contribution is 2.48. The van der Waals surface area contributed by atoms with Crippen LogP contribution in [0.1, 0.15) is 17.9 Å². The van der Waals surface area contributed by atoms with Crippen LogP contribution in [0.4, 0.5) is 10.8 Å². The number of anilines is 2. The van der Waals surface area contributed by atoms with Gasteiger partial charge in [0, 0.05) is 27.0 Å². The van der Waals surface area contributed by atoms with E-state index in [1.165, 1.54) is 16.9 Å². The van der Waals surface area contributed by atoms with Gasteiger partial charge in [0.2, 0.25) is 15.9 Å². The van der Waals surface area contributed by atoms with Crippen molar-refractivity contribution in [2.45, 2.75) is 12.3 Å². The number of carbonyl (C=O) groups excluding carboxylic acids is 1. The molecule has 0 spiro atoms.